The minimum absolute atomic E-state index is 0.125. The Kier molecular flexibility index (Phi) is 4.11. The van der Waals surface area contributed by atoms with E-state index in [0.717, 1.165) is 25.2 Å². The lowest BCUT2D eigenvalue weighted by Gasteiger charge is -2.18. The third-order valence-electron chi connectivity index (χ3n) is 4.62. The van der Waals surface area contributed by atoms with Crippen LogP contribution in [0.2, 0.25) is 0 Å². The number of amides is 1. The van der Waals surface area contributed by atoms with Gasteiger partial charge in [0.25, 0.3) is 11.5 Å². The fraction of sp³-hybridized carbons (Fsp3) is 0.353. The van der Waals surface area contributed by atoms with Crippen LogP contribution in [-0.4, -0.2) is 49.7 Å². The van der Waals surface area contributed by atoms with Gasteiger partial charge in [-0.3, -0.25) is 14.0 Å². The Morgan fingerprint density at radius 2 is 2.31 bits per heavy atom. The van der Waals surface area contributed by atoms with E-state index in [1.54, 1.807) is 48.4 Å². The van der Waals surface area contributed by atoms with Gasteiger partial charge in [0.2, 0.25) is 5.78 Å². The second-order valence-corrected chi connectivity index (χ2v) is 6.44. The molecule has 0 spiro atoms. The smallest absolute Gasteiger partial charge is 0.271 e. The Hall–Kier alpha value is -3.23. The fourth-order valence-corrected chi connectivity index (χ4v) is 3.13. The Balaban J connectivity index is 1.35. The van der Waals surface area contributed by atoms with Crippen LogP contribution in [0.5, 0.6) is 0 Å². The summed E-state index contributed by atoms with van der Waals surface area (Å²) >= 11 is 0. The molecule has 26 heavy (non-hydrogen) atoms. The van der Waals surface area contributed by atoms with Crippen molar-refractivity contribution in [1.29, 1.82) is 0 Å². The molecule has 1 aliphatic rings. The maximum atomic E-state index is 12.3. The van der Waals surface area contributed by atoms with Crippen molar-refractivity contribution in [3.05, 3.63) is 53.0 Å². The molecule has 1 N–H and O–H groups in total. The molecular weight excluding hydrogens is 334 g/mol. The van der Waals surface area contributed by atoms with E-state index in [4.69, 9.17) is 0 Å². The number of aromatic nitrogens is 5. The quantitative estimate of drug-likeness (QED) is 0.713. The number of imidazole rings is 1. The number of aryl methyl sites for hydroxylation is 1. The van der Waals surface area contributed by atoms with Crippen molar-refractivity contribution in [1.82, 2.24) is 29.5 Å². The molecule has 1 fully saturated rings. The van der Waals surface area contributed by atoms with E-state index in [1.807, 2.05) is 0 Å². The van der Waals surface area contributed by atoms with E-state index in [2.05, 4.69) is 25.3 Å². The molecule has 0 radical (unpaired) electrons. The van der Waals surface area contributed by atoms with Crippen LogP contribution in [0, 0.1) is 5.92 Å². The monoisotopic (exact) mass is 353 g/mol. The van der Waals surface area contributed by atoms with Gasteiger partial charge in [0.1, 0.15) is 5.69 Å². The number of carbonyl (C=O) groups is 1. The van der Waals surface area contributed by atoms with Crippen LogP contribution in [0.25, 0.3) is 5.78 Å². The van der Waals surface area contributed by atoms with Gasteiger partial charge in [0.05, 0.1) is 11.9 Å². The molecule has 1 atom stereocenters. The van der Waals surface area contributed by atoms with Crippen LogP contribution in [0.15, 0.2) is 41.7 Å². The molecule has 1 amide bonds. The molecule has 4 heterocycles. The van der Waals surface area contributed by atoms with Gasteiger partial charge in [0, 0.05) is 51.3 Å². The summed E-state index contributed by atoms with van der Waals surface area (Å²) < 4.78 is 3.02. The first-order chi connectivity index (χ1) is 12.6. The molecular formula is C17H19N7O2. The second-order valence-electron chi connectivity index (χ2n) is 6.44. The average molecular weight is 353 g/mol. The number of rotatable bonds is 4. The molecule has 1 saturated heterocycles. The van der Waals surface area contributed by atoms with E-state index in [1.165, 1.54) is 4.68 Å². The van der Waals surface area contributed by atoms with E-state index in [9.17, 15) is 9.59 Å². The number of hydrogen-bond acceptors (Lipinski definition) is 6. The molecule has 9 nitrogen and oxygen atoms in total. The first kappa shape index (κ1) is 16.2. The van der Waals surface area contributed by atoms with Gasteiger partial charge >= 0.3 is 0 Å². The lowest BCUT2D eigenvalue weighted by Crippen LogP contribution is -2.31. The van der Waals surface area contributed by atoms with Crippen molar-refractivity contribution in [2.24, 2.45) is 13.0 Å². The van der Waals surface area contributed by atoms with Gasteiger partial charge in [-0.05, 0) is 18.4 Å². The maximum Gasteiger partial charge on any atom is 0.271 e. The number of carbonyl (C=O) groups excluding carboxylic acids is 1. The maximum absolute atomic E-state index is 12.3. The van der Waals surface area contributed by atoms with Gasteiger partial charge in [-0.1, -0.05) is 0 Å². The van der Waals surface area contributed by atoms with Crippen LogP contribution < -0.4 is 15.8 Å². The molecule has 4 rings (SSSR count). The Morgan fingerprint density at radius 3 is 3.12 bits per heavy atom. The van der Waals surface area contributed by atoms with E-state index >= 15 is 0 Å². The zero-order valence-electron chi connectivity index (χ0n) is 14.4. The molecule has 3 aromatic rings. The number of anilines is 1. The van der Waals surface area contributed by atoms with E-state index < -0.39 is 0 Å². The molecule has 3 aromatic heterocycles. The molecule has 0 unspecified atom stereocenters. The fourth-order valence-electron chi connectivity index (χ4n) is 3.13. The molecule has 0 aliphatic carbocycles. The topological polar surface area (TPSA) is 97.4 Å². The summed E-state index contributed by atoms with van der Waals surface area (Å²) in [6, 6.07) is 3.38. The van der Waals surface area contributed by atoms with Crippen molar-refractivity contribution in [3.8, 4) is 0 Å². The van der Waals surface area contributed by atoms with Gasteiger partial charge in [-0.25, -0.2) is 14.6 Å². The van der Waals surface area contributed by atoms with Crippen molar-refractivity contribution in [2.45, 2.75) is 6.42 Å². The number of hydrogen-bond donors (Lipinski definition) is 1. The number of nitrogens with one attached hydrogen (secondary N) is 1. The predicted octanol–water partition coefficient (Wildman–Crippen LogP) is 0.0793. The van der Waals surface area contributed by atoms with Gasteiger partial charge in [-0.2, -0.15) is 5.10 Å². The van der Waals surface area contributed by atoms with Crippen LogP contribution in [-0.2, 0) is 7.05 Å². The first-order valence-electron chi connectivity index (χ1n) is 8.46. The van der Waals surface area contributed by atoms with Crippen molar-refractivity contribution in [3.63, 3.8) is 0 Å². The summed E-state index contributed by atoms with van der Waals surface area (Å²) in [5.41, 5.74) is 1.06. The highest BCUT2D eigenvalue weighted by Gasteiger charge is 2.24. The molecule has 0 saturated carbocycles. The lowest BCUT2D eigenvalue weighted by atomic mass is 10.1. The largest absolute Gasteiger partial charge is 0.370 e. The van der Waals surface area contributed by atoms with Crippen LogP contribution in [0.4, 0.5) is 5.69 Å². The summed E-state index contributed by atoms with van der Waals surface area (Å²) in [5, 5.41) is 7.00. The highest BCUT2D eigenvalue weighted by molar-refractivity contribution is 5.92. The molecule has 0 aromatic carbocycles. The van der Waals surface area contributed by atoms with Crippen molar-refractivity contribution >= 4 is 17.4 Å². The average Bonchev–Trinajstić information content (AvgIpc) is 3.28. The summed E-state index contributed by atoms with van der Waals surface area (Å²) in [7, 11) is 1.63. The third-order valence-corrected chi connectivity index (χ3v) is 4.62. The summed E-state index contributed by atoms with van der Waals surface area (Å²) in [6.07, 6.45) is 7.76. The first-order valence-corrected chi connectivity index (χ1v) is 8.46. The van der Waals surface area contributed by atoms with E-state index in [-0.39, 0.29) is 11.5 Å². The van der Waals surface area contributed by atoms with Crippen LogP contribution in [0.1, 0.15) is 16.9 Å². The number of fused-ring (bicyclic) bond motifs is 1. The summed E-state index contributed by atoms with van der Waals surface area (Å²) in [5.74, 6) is 0.616. The normalized spacial score (nSPS) is 17.0. The molecule has 9 heteroatoms. The summed E-state index contributed by atoms with van der Waals surface area (Å²) in [4.78, 5) is 34.5. The van der Waals surface area contributed by atoms with E-state index in [0.29, 0.717) is 23.9 Å². The standard InChI is InChI=1S/C17H19N7O2/c1-22-15(25)7-13(9-20-22)23-6-3-12(10-23)8-19-16(26)14-11-24-5-2-4-18-17(24)21-14/h2,4-5,7,9,11-12H,3,6,8,10H2,1H3,(H,19,26)/t12-/m1/s1. The van der Waals surface area contributed by atoms with Crippen LogP contribution >= 0.6 is 0 Å². The minimum atomic E-state index is -0.204. The third kappa shape index (κ3) is 3.15. The van der Waals surface area contributed by atoms with Gasteiger partial charge in [-0.15, -0.1) is 0 Å². The molecule has 1 aliphatic heterocycles. The van der Waals surface area contributed by atoms with Crippen LogP contribution in [0.3, 0.4) is 0 Å². The van der Waals surface area contributed by atoms with Gasteiger partial charge < -0.3 is 10.2 Å². The lowest BCUT2D eigenvalue weighted by molar-refractivity contribution is 0.0944. The molecule has 0 bridgehead atoms. The Labute approximate surface area is 149 Å². The highest BCUT2D eigenvalue weighted by atomic mass is 16.2. The van der Waals surface area contributed by atoms with Crippen molar-refractivity contribution < 1.29 is 4.79 Å². The number of nitrogens with zero attached hydrogens (tertiary/aromatic N) is 6. The zero-order chi connectivity index (χ0) is 18.1. The highest BCUT2D eigenvalue weighted by Crippen LogP contribution is 2.21. The SMILES string of the molecule is Cn1ncc(N2CC[C@H](CNC(=O)c3cn4cccnc4n3)C2)cc1=O. The predicted molar refractivity (Wildman–Crippen MR) is 95.1 cm³/mol. The Morgan fingerprint density at radius 1 is 1.42 bits per heavy atom. The second kappa shape index (κ2) is 6.58. The summed E-state index contributed by atoms with van der Waals surface area (Å²) in [6.45, 7) is 2.18. The minimum Gasteiger partial charge on any atom is -0.370 e. The molecule has 134 valence electrons. The van der Waals surface area contributed by atoms with Gasteiger partial charge in [0.15, 0.2) is 0 Å². The zero-order valence-corrected chi connectivity index (χ0v) is 14.4. The Bertz CT molecular complexity index is 977. The van der Waals surface area contributed by atoms with Crippen molar-refractivity contribution in [2.75, 3.05) is 24.5 Å².